The van der Waals surface area contributed by atoms with Crippen LogP contribution in [-0.2, 0) is 19.4 Å². The van der Waals surface area contributed by atoms with Crippen molar-refractivity contribution in [3.05, 3.63) is 11.6 Å². The summed E-state index contributed by atoms with van der Waals surface area (Å²) >= 11 is 0. The molecule has 0 amide bonds. The lowest BCUT2D eigenvalue weighted by Gasteiger charge is -2.12. The van der Waals surface area contributed by atoms with Gasteiger partial charge in [0.05, 0.1) is 0 Å². The molecule has 2 heterocycles. The highest BCUT2D eigenvalue weighted by atomic mass is 15.3. The van der Waals surface area contributed by atoms with Crippen molar-refractivity contribution in [2.24, 2.45) is 10.9 Å². The first-order valence-corrected chi connectivity index (χ1v) is 11.3. The van der Waals surface area contributed by atoms with Gasteiger partial charge in [0.2, 0.25) is 0 Å². The van der Waals surface area contributed by atoms with Gasteiger partial charge in [0.1, 0.15) is 11.6 Å². The van der Waals surface area contributed by atoms with Crippen molar-refractivity contribution in [1.82, 2.24) is 25.4 Å². The maximum absolute atomic E-state index is 4.75. The van der Waals surface area contributed by atoms with Crippen LogP contribution in [0.25, 0.3) is 0 Å². The van der Waals surface area contributed by atoms with Crippen LogP contribution in [0.3, 0.4) is 0 Å². The Hall–Kier alpha value is -1.59. The van der Waals surface area contributed by atoms with E-state index in [-0.39, 0.29) is 0 Å². The van der Waals surface area contributed by atoms with E-state index in [2.05, 4.69) is 32.3 Å². The van der Waals surface area contributed by atoms with Gasteiger partial charge in [0.15, 0.2) is 5.96 Å². The lowest BCUT2D eigenvalue weighted by Crippen LogP contribution is -2.38. The summed E-state index contributed by atoms with van der Waals surface area (Å²) in [4.78, 5) is 4.75. The number of guanidine groups is 1. The van der Waals surface area contributed by atoms with E-state index in [1.807, 2.05) is 0 Å². The van der Waals surface area contributed by atoms with Crippen molar-refractivity contribution in [3.63, 3.8) is 0 Å². The van der Waals surface area contributed by atoms with Crippen LogP contribution in [-0.4, -0.2) is 40.4 Å². The number of hydrogen-bond donors (Lipinski definition) is 2. The highest BCUT2D eigenvalue weighted by Gasteiger charge is 2.15. The summed E-state index contributed by atoms with van der Waals surface area (Å²) in [6.45, 7) is 5.87. The molecular formula is C21H38N6. The van der Waals surface area contributed by atoms with Gasteiger partial charge in [0.25, 0.3) is 0 Å². The Morgan fingerprint density at radius 2 is 1.96 bits per heavy atom. The van der Waals surface area contributed by atoms with E-state index >= 15 is 0 Å². The van der Waals surface area contributed by atoms with Crippen LogP contribution in [0.15, 0.2) is 4.99 Å². The standard InChI is InChI=1S/C21H38N6/c1-2-22-21(23-15-8-7-12-18-10-5-6-11-18)24-16-14-20-26-25-19-13-4-3-9-17-27(19)20/h18H,2-17H2,1H3,(H2,22,23,24). The van der Waals surface area contributed by atoms with Crippen LogP contribution in [0, 0.1) is 5.92 Å². The van der Waals surface area contributed by atoms with Crippen LogP contribution < -0.4 is 10.6 Å². The second kappa shape index (κ2) is 11.3. The topological polar surface area (TPSA) is 67.1 Å². The molecule has 0 atom stereocenters. The molecule has 2 N–H and O–H groups in total. The summed E-state index contributed by atoms with van der Waals surface area (Å²) in [5.41, 5.74) is 0. The van der Waals surface area contributed by atoms with E-state index < -0.39 is 0 Å². The maximum atomic E-state index is 4.75. The minimum absolute atomic E-state index is 0.853. The van der Waals surface area contributed by atoms with Crippen LogP contribution in [0.5, 0.6) is 0 Å². The highest BCUT2D eigenvalue weighted by molar-refractivity contribution is 5.79. The van der Waals surface area contributed by atoms with E-state index in [0.29, 0.717) is 0 Å². The van der Waals surface area contributed by atoms with Gasteiger partial charge >= 0.3 is 0 Å². The second-order valence-corrected chi connectivity index (χ2v) is 8.08. The van der Waals surface area contributed by atoms with Crippen molar-refractivity contribution in [1.29, 1.82) is 0 Å². The van der Waals surface area contributed by atoms with E-state index in [0.717, 1.165) is 56.7 Å². The molecule has 1 aliphatic carbocycles. The Labute approximate surface area is 164 Å². The average Bonchev–Trinajstić information content (AvgIpc) is 3.26. The first-order valence-electron chi connectivity index (χ1n) is 11.3. The third kappa shape index (κ3) is 6.51. The normalized spacial score (nSPS) is 18.3. The quantitative estimate of drug-likeness (QED) is 0.395. The van der Waals surface area contributed by atoms with E-state index in [1.54, 1.807) is 0 Å². The minimum atomic E-state index is 0.853. The first-order chi connectivity index (χ1) is 13.4. The summed E-state index contributed by atoms with van der Waals surface area (Å²) in [7, 11) is 0. The Balaban J connectivity index is 1.38. The smallest absolute Gasteiger partial charge is 0.191 e. The number of nitrogens with one attached hydrogen (secondary N) is 2. The molecule has 1 aliphatic heterocycles. The molecule has 1 aromatic rings. The van der Waals surface area contributed by atoms with Crippen LogP contribution in [0.2, 0.25) is 0 Å². The number of unbranched alkanes of at least 4 members (excludes halogenated alkanes) is 1. The van der Waals surface area contributed by atoms with Gasteiger partial charge in [-0.1, -0.05) is 44.9 Å². The summed E-state index contributed by atoms with van der Waals surface area (Å²) < 4.78 is 2.34. The number of aromatic nitrogens is 3. The summed E-state index contributed by atoms with van der Waals surface area (Å²) in [6, 6.07) is 0. The molecule has 2 aliphatic rings. The van der Waals surface area contributed by atoms with Crippen LogP contribution in [0.4, 0.5) is 0 Å². The van der Waals surface area contributed by atoms with Gasteiger partial charge in [-0.15, -0.1) is 10.2 Å². The molecule has 0 saturated heterocycles. The molecule has 0 spiro atoms. The van der Waals surface area contributed by atoms with Crippen molar-refractivity contribution in [2.45, 2.75) is 90.5 Å². The molecule has 1 saturated carbocycles. The number of rotatable bonds is 9. The summed E-state index contributed by atoms with van der Waals surface area (Å²) in [5.74, 6) is 4.23. The molecule has 0 unspecified atom stereocenters. The monoisotopic (exact) mass is 374 g/mol. The molecular weight excluding hydrogens is 336 g/mol. The Morgan fingerprint density at radius 1 is 1.07 bits per heavy atom. The zero-order chi connectivity index (χ0) is 18.7. The van der Waals surface area contributed by atoms with Crippen LogP contribution in [0.1, 0.15) is 82.8 Å². The van der Waals surface area contributed by atoms with Gasteiger partial charge in [-0.25, -0.2) is 0 Å². The molecule has 3 rings (SSSR count). The van der Waals surface area contributed by atoms with Crippen molar-refractivity contribution < 1.29 is 0 Å². The Bertz CT molecular complexity index is 573. The molecule has 0 aromatic carbocycles. The number of aryl methyl sites for hydroxylation is 1. The molecule has 0 bridgehead atoms. The SMILES string of the molecule is CCNC(=NCCCCC1CCCC1)NCCc1nnc2n1CCCCC2. The fourth-order valence-corrected chi connectivity index (χ4v) is 4.40. The van der Waals surface area contributed by atoms with Gasteiger partial charge in [0, 0.05) is 39.0 Å². The van der Waals surface area contributed by atoms with Crippen molar-refractivity contribution in [2.75, 3.05) is 19.6 Å². The fraction of sp³-hybridized carbons (Fsp3) is 0.857. The minimum Gasteiger partial charge on any atom is -0.357 e. The van der Waals surface area contributed by atoms with E-state index in [4.69, 9.17) is 4.99 Å². The number of nitrogens with zero attached hydrogens (tertiary/aromatic N) is 4. The molecule has 1 fully saturated rings. The second-order valence-electron chi connectivity index (χ2n) is 8.08. The predicted octanol–water partition coefficient (Wildman–Crippen LogP) is 3.46. The third-order valence-corrected chi connectivity index (χ3v) is 5.94. The van der Waals surface area contributed by atoms with Gasteiger partial charge in [-0.3, -0.25) is 4.99 Å². The van der Waals surface area contributed by atoms with Gasteiger partial charge < -0.3 is 15.2 Å². The average molecular weight is 375 g/mol. The van der Waals surface area contributed by atoms with E-state index in [9.17, 15) is 0 Å². The van der Waals surface area contributed by atoms with E-state index in [1.165, 1.54) is 70.0 Å². The lowest BCUT2D eigenvalue weighted by molar-refractivity contribution is 0.475. The lowest BCUT2D eigenvalue weighted by atomic mass is 10.0. The highest BCUT2D eigenvalue weighted by Crippen LogP contribution is 2.28. The largest absolute Gasteiger partial charge is 0.357 e. The zero-order valence-corrected chi connectivity index (χ0v) is 17.2. The molecule has 0 radical (unpaired) electrons. The van der Waals surface area contributed by atoms with Crippen molar-refractivity contribution in [3.8, 4) is 0 Å². The molecule has 6 nitrogen and oxygen atoms in total. The maximum Gasteiger partial charge on any atom is 0.191 e. The summed E-state index contributed by atoms with van der Waals surface area (Å²) in [6.07, 6.45) is 15.5. The fourth-order valence-electron chi connectivity index (χ4n) is 4.40. The summed E-state index contributed by atoms with van der Waals surface area (Å²) in [5, 5.41) is 15.6. The van der Waals surface area contributed by atoms with Crippen LogP contribution >= 0.6 is 0 Å². The Kier molecular flexibility index (Phi) is 8.43. The van der Waals surface area contributed by atoms with Gasteiger partial charge in [-0.2, -0.15) is 0 Å². The Morgan fingerprint density at radius 3 is 2.81 bits per heavy atom. The third-order valence-electron chi connectivity index (χ3n) is 5.94. The predicted molar refractivity (Wildman–Crippen MR) is 111 cm³/mol. The van der Waals surface area contributed by atoms with Gasteiger partial charge in [-0.05, 0) is 32.1 Å². The molecule has 27 heavy (non-hydrogen) atoms. The number of aliphatic imine (C=N–C) groups is 1. The molecule has 6 heteroatoms. The zero-order valence-electron chi connectivity index (χ0n) is 17.2. The van der Waals surface area contributed by atoms with Crippen molar-refractivity contribution >= 4 is 5.96 Å². The molecule has 1 aromatic heterocycles. The first kappa shape index (κ1) is 20.2. The number of hydrogen-bond acceptors (Lipinski definition) is 3. The number of fused-ring (bicyclic) bond motifs is 1. The molecule has 152 valence electrons.